The molecule has 0 spiro atoms. The van der Waals surface area contributed by atoms with Gasteiger partial charge in [-0.15, -0.1) is 11.3 Å². The summed E-state index contributed by atoms with van der Waals surface area (Å²) in [6.07, 6.45) is 0. The molecular formula is C16H20N2O2S. The molecule has 0 aliphatic heterocycles. The first-order chi connectivity index (χ1) is 9.78. The molecule has 5 heteroatoms. The molecule has 1 aromatic carbocycles. The Balaban J connectivity index is 2.25. The van der Waals surface area contributed by atoms with E-state index in [-0.39, 0.29) is 12.5 Å². The number of aromatic nitrogens is 1. The van der Waals surface area contributed by atoms with Gasteiger partial charge in [-0.25, -0.2) is 4.98 Å². The van der Waals surface area contributed by atoms with Crippen molar-refractivity contribution in [2.24, 2.45) is 0 Å². The number of carbonyl (C=O) groups is 1. The van der Waals surface area contributed by atoms with Gasteiger partial charge in [0, 0.05) is 19.2 Å². The summed E-state index contributed by atoms with van der Waals surface area (Å²) in [6.45, 7) is 5.50. The zero-order valence-corrected chi connectivity index (χ0v) is 13.6. The van der Waals surface area contributed by atoms with Crippen molar-refractivity contribution in [3.05, 3.63) is 40.9 Å². The molecule has 0 saturated heterocycles. The molecule has 0 saturated carbocycles. The van der Waals surface area contributed by atoms with E-state index in [1.165, 1.54) is 16.2 Å². The average Bonchev–Trinajstić information content (AvgIpc) is 2.79. The van der Waals surface area contributed by atoms with Crippen LogP contribution in [-0.2, 0) is 0 Å². The fraction of sp³-hybridized carbons (Fsp3) is 0.375. The van der Waals surface area contributed by atoms with Gasteiger partial charge < -0.3 is 10.0 Å². The molecule has 0 aliphatic rings. The van der Waals surface area contributed by atoms with Crippen LogP contribution in [0, 0.1) is 6.92 Å². The van der Waals surface area contributed by atoms with Gasteiger partial charge >= 0.3 is 0 Å². The van der Waals surface area contributed by atoms with Gasteiger partial charge in [-0.3, -0.25) is 4.79 Å². The molecule has 1 amide bonds. The molecule has 0 bridgehead atoms. The van der Waals surface area contributed by atoms with Gasteiger partial charge in [-0.1, -0.05) is 30.3 Å². The van der Waals surface area contributed by atoms with Crippen LogP contribution in [0.3, 0.4) is 0 Å². The van der Waals surface area contributed by atoms with Crippen molar-refractivity contribution in [2.75, 3.05) is 13.6 Å². The molecule has 2 aromatic rings. The summed E-state index contributed by atoms with van der Waals surface area (Å²) in [7, 11) is 1.70. The summed E-state index contributed by atoms with van der Waals surface area (Å²) in [5.74, 6) is -0.102. The predicted molar refractivity (Wildman–Crippen MR) is 85.5 cm³/mol. The van der Waals surface area contributed by atoms with Crippen LogP contribution < -0.4 is 0 Å². The summed E-state index contributed by atoms with van der Waals surface area (Å²) >= 11 is 1.39. The predicted octanol–water partition coefficient (Wildman–Crippen LogP) is 2.96. The Hall–Kier alpha value is -1.72. The molecule has 0 atom stereocenters. The van der Waals surface area contributed by atoms with Crippen molar-refractivity contribution in [2.45, 2.75) is 26.4 Å². The number of rotatable bonds is 4. The first-order valence-corrected chi connectivity index (χ1v) is 7.60. The van der Waals surface area contributed by atoms with Crippen molar-refractivity contribution in [1.82, 2.24) is 9.88 Å². The summed E-state index contributed by atoms with van der Waals surface area (Å²) in [4.78, 5) is 19.1. The number of amides is 1. The Morgan fingerprint density at radius 2 is 1.95 bits per heavy atom. The van der Waals surface area contributed by atoms with Crippen LogP contribution in [0.25, 0.3) is 10.6 Å². The minimum atomic E-state index is -0.911. The number of hydrogen-bond donors (Lipinski definition) is 1. The number of hydrogen-bond acceptors (Lipinski definition) is 4. The van der Waals surface area contributed by atoms with Gasteiger partial charge in [0.1, 0.15) is 9.88 Å². The molecule has 0 unspecified atom stereocenters. The fourth-order valence-corrected chi connectivity index (χ4v) is 3.19. The van der Waals surface area contributed by atoms with E-state index in [2.05, 4.69) is 4.98 Å². The molecule has 4 nitrogen and oxygen atoms in total. The van der Waals surface area contributed by atoms with Gasteiger partial charge in [-0.05, 0) is 20.8 Å². The first kappa shape index (κ1) is 15.7. The van der Waals surface area contributed by atoms with Crippen molar-refractivity contribution in [3.63, 3.8) is 0 Å². The Labute approximate surface area is 129 Å². The maximum absolute atomic E-state index is 12.5. The lowest BCUT2D eigenvalue weighted by Gasteiger charge is -2.25. The molecule has 0 radical (unpaired) electrons. The van der Waals surface area contributed by atoms with Crippen LogP contribution in [-0.4, -0.2) is 40.1 Å². The number of benzene rings is 1. The smallest absolute Gasteiger partial charge is 0.265 e. The van der Waals surface area contributed by atoms with Gasteiger partial charge in [0.2, 0.25) is 0 Å². The van der Waals surface area contributed by atoms with Gasteiger partial charge in [-0.2, -0.15) is 0 Å². The number of carbonyl (C=O) groups excluding carboxylic acids is 1. The zero-order chi connectivity index (χ0) is 15.6. The van der Waals surface area contributed by atoms with E-state index < -0.39 is 5.60 Å². The molecule has 0 fully saturated rings. The van der Waals surface area contributed by atoms with Crippen LogP contribution in [0.4, 0.5) is 0 Å². The summed E-state index contributed by atoms with van der Waals surface area (Å²) in [5.41, 5.74) is 0.826. The lowest BCUT2D eigenvalue weighted by molar-refractivity contribution is 0.0370. The normalized spacial score (nSPS) is 11.5. The molecular weight excluding hydrogens is 284 g/mol. The second kappa shape index (κ2) is 5.95. The minimum absolute atomic E-state index is 0.102. The largest absolute Gasteiger partial charge is 0.389 e. The van der Waals surface area contributed by atoms with Crippen LogP contribution in [0.5, 0.6) is 0 Å². The van der Waals surface area contributed by atoms with E-state index in [1.54, 1.807) is 20.9 Å². The Morgan fingerprint density at radius 1 is 1.33 bits per heavy atom. The summed E-state index contributed by atoms with van der Waals surface area (Å²) in [5, 5.41) is 10.7. The molecule has 21 heavy (non-hydrogen) atoms. The van der Waals surface area contributed by atoms with Crippen LogP contribution >= 0.6 is 11.3 Å². The highest BCUT2D eigenvalue weighted by Crippen LogP contribution is 2.28. The Bertz CT molecular complexity index is 629. The maximum atomic E-state index is 12.5. The zero-order valence-electron chi connectivity index (χ0n) is 12.8. The quantitative estimate of drug-likeness (QED) is 0.945. The van der Waals surface area contributed by atoms with E-state index in [4.69, 9.17) is 0 Å². The minimum Gasteiger partial charge on any atom is -0.389 e. The third kappa shape index (κ3) is 3.89. The number of nitrogens with zero attached hydrogens (tertiary/aromatic N) is 2. The highest BCUT2D eigenvalue weighted by molar-refractivity contribution is 7.17. The van der Waals surface area contributed by atoms with Gasteiger partial charge in [0.25, 0.3) is 5.91 Å². The number of likely N-dealkylation sites (N-methyl/N-ethyl adjacent to an activating group) is 1. The van der Waals surface area contributed by atoms with Crippen LogP contribution in [0.2, 0.25) is 0 Å². The Kier molecular flexibility index (Phi) is 4.44. The molecule has 2 rings (SSSR count). The van der Waals surface area contributed by atoms with E-state index in [1.807, 2.05) is 37.3 Å². The third-order valence-electron chi connectivity index (χ3n) is 2.98. The average molecular weight is 304 g/mol. The molecule has 1 heterocycles. The summed E-state index contributed by atoms with van der Waals surface area (Å²) in [6, 6.07) is 9.81. The van der Waals surface area contributed by atoms with Crippen LogP contribution in [0.1, 0.15) is 29.2 Å². The Morgan fingerprint density at radius 3 is 2.52 bits per heavy atom. The SMILES string of the molecule is Cc1nc(-c2ccccc2)sc1C(=O)N(C)CC(C)(C)O. The second-order valence-corrected chi connectivity index (χ2v) is 6.77. The number of aryl methyl sites for hydroxylation is 1. The van der Waals surface area contributed by atoms with E-state index >= 15 is 0 Å². The first-order valence-electron chi connectivity index (χ1n) is 6.78. The highest BCUT2D eigenvalue weighted by Gasteiger charge is 2.24. The van der Waals surface area contributed by atoms with Crippen molar-refractivity contribution >= 4 is 17.2 Å². The van der Waals surface area contributed by atoms with Gasteiger partial charge in [0.15, 0.2) is 0 Å². The third-order valence-corrected chi connectivity index (χ3v) is 4.18. The molecule has 1 N–H and O–H groups in total. The fourth-order valence-electron chi connectivity index (χ4n) is 2.12. The van der Waals surface area contributed by atoms with Crippen molar-refractivity contribution in [3.8, 4) is 10.6 Å². The molecule has 1 aromatic heterocycles. The maximum Gasteiger partial charge on any atom is 0.265 e. The van der Waals surface area contributed by atoms with E-state index in [0.717, 1.165) is 16.3 Å². The lowest BCUT2D eigenvalue weighted by atomic mass is 10.1. The monoisotopic (exact) mass is 304 g/mol. The number of thiazole rings is 1. The molecule has 112 valence electrons. The van der Waals surface area contributed by atoms with E-state index in [0.29, 0.717) is 4.88 Å². The molecule has 0 aliphatic carbocycles. The topological polar surface area (TPSA) is 53.4 Å². The summed E-state index contributed by atoms with van der Waals surface area (Å²) < 4.78 is 0. The van der Waals surface area contributed by atoms with Crippen LogP contribution in [0.15, 0.2) is 30.3 Å². The standard InChI is InChI=1S/C16H20N2O2S/c1-11-13(15(19)18(4)10-16(2,3)20)21-14(17-11)12-8-6-5-7-9-12/h5-9,20H,10H2,1-4H3. The number of aliphatic hydroxyl groups is 1. The van der Waals surface area contributed by atoms with E-state index in [9.17, 15) is 9.90 Å². The highest BCUT2D eigenvalue weighted by atomic mass is 32.1. The second-order valence-electron chi connectivity index (χ2n) is 5.77. The van der Waals surface area contributed by atoms with Crippen molar-refractivity contribution in [1.29, 1.82) is 0 Å². The van der Waals surface area contributed by atoms with Crippen molar-refractivity contribution < 1.29 is 9.90 Å². The van der Waals surface area contributed by atoms with Gasteiger partial charge in [0.05, 0.1) is 11.3 Å². The lowest BCUT2D eigenvalue weighted by Crippen LogP contribution is -2.39.